The van der Waals surface area contributed by atoms with Gasteiger partial charge in [-0.1, -0.05) is 43.0 Å². The fraction of sp³-hybridized carbons (Fsp3) is 0.519. The molecular formula is C27H30ClF6N3O. The molecule has 2 aliphatic rings. The van der Waals surface area contributed by atoms with Crippen LogP contribution in [0.25, 0.3) is 0 Å². The molecule has 1 aliphatic carbocycles. The molecule has 0 bridgehead atoms. The van der Waals surface area contributed by atoms with Crippen LogP contribution in [0, 0.1) is 0 Å². The smallest absolute Gasteiger partial charge is 0.350 e. The summed E-state index contributed by atoms with van der Waals surface area (Å²) in [5.41, 5.74) is -2.45. The number of carbonyl (C=O) groups is 1. The van der Waals surface area contributed by atoms with Crippen LogP contribution in [0.3, 0.4) is 0 Å². The van der Waals surface area contributed by atoms with Crippen molar-refractivity contribution in [2.45, 2.75) is 63.1 Å². The van der Waals surface area contributed by atoms with Crippen molar-refractivity contribution in [3.8, 4) is 0 Å². The minimum atomic E-state index is -4.95. The molecule has 2 fully saturated rings. The summed E-state index contributed by atoms with van der Waals surface area (Å²) in [4.78, 5) is 17.9. The lowest BCUT2D eigenvalue weighted by molar-refractivity contribution is -0.143. The lowest BCUT2D eigenvalue weighted by atomic mass is 9.93. The Morgan fingerprint density at radius 1 is 0.868 bits per heavy atom. The zero-order valence-electron chi connectivity index (χ0n) is 20.7. The maximum Gasteiger partial charge on any atom is 0.416 e. The van der Waals surface area contributed by atoms with Crippen molar-refractivity contribution in [1.29, 1.82) is 0 Å². The van der Waals surface area contributed by atoms with Gasteiger partial charge in [0.05, 0.1) is 11.1 Å². The maximum atomic E-state index is 13.4. The molecule has 1 unspecified atom stereocenters. The normalized spacial score (nSPS) is 19.3. The molecule has 1 aliphatic heterocycles. The third kappa shape index (κ3) is 7.21. The van der Waals surface area contributed by atoms with E-state index in [4.69, 9.17) is 11.6 Å². The third-order valence-corrected chi connectivity index (χ3v) is 7.61. The summed E-state index contributed by atoms with van der Waals surface area (Å²) in [6, 6.07) is 7.86. The molecule has 4 nitrogen and oxygen atoms in total. The number of nitrogens with zero attached hydrogens (tertiary/aromatic N) is 2. The third-order valence-electron chi connectivity index (χ3n) is 7.35. The molecule has 1 saturated carbocycles. The van der Waals surface area contributed by atoms with E-state index in [0.717, 1.165) is 25.9 Å². The van der Waals surface area contributed by atoms with Gasteiger partial charge in [-0.15, -0.1) is 0 Å². The molecule has 1 amide bonds. The van der Waals surface area contributed by atoms with E-state index < -0.39 is 42.0 Å². The number of hydrogen-bond donors (Lipinski definition) is 1. The molecular weight excluding hydrogens is 532 g/mol. The Morgan fingerprint density at radius 2 is 1.42 bits per heavy atom. The van der Waals surface area contributed by atoms with E-state index in [1.807, 2.05) is 4.90 Å². The number of halogens is 7. The van der Waals surface area contributed by atoms with Crippen LogP contribution >= 0.6 is 11.6 Å². The second-order valence-corrected chi connectivity index (χ2v) is 10.4. The Bertz CT molecular complexity index is 1060. The van der Waals surface area contributed by atoms with Crippen molar-refractivity contribution >= 4 is 17.5 Å². The molecule has 208 valence electrons. The van der Waals surface area contributed by atoms with Gasteiger partial charge in [0.2, 0.25) is 5.91 Å². The molecule has 0 spiro atoms. The average molecular weight is 562 g/mol. The Balaban J connectivity index is 1.51. The highest BCUT2D eigenvalue weighted by Crippen LogP contribution is 2.36. The highest BCUT2D eigenvalue weighted by Gasteiger charge is 2.37. The topological polar surface area (TPSA) is 35.6 Å². The Hall–Kier alpha value is -2.30. The fourth-order valence-corrected chi connectivity index (χ4v) is 5.51. The predicted molar refractivity (Wildman–Crippen MR) is 133 cm³/mol. The molecule has 38 heavy (non-hydrogen) atoms. The van der Waals surface area contributed by atoms with Gasteiger partial charge in [-0.3, -0.25) is 14.6 Å². The number of amides is 1. The van der Waals surface area contributed by atoms with Gasteiger partial charge in [0, 0.05) is 43.8 Å². The van der Waals surface area contributed by atoms with Crippen LogP contribution in [0.2, 0.25) is 5.02 Å². The Kier molecular flexibility index (Phi) is 8.94. The summed E-state index contributed by atoms with van der Waals surface area (Å²) >= 11 is 6.03. The van der Waals surface area contributed by atoms with Crippen LogP contribution < -0.4 is 5.32 Å². The van der Waals surface area contributed by atoms with E-state index in [0.29, 0.717) is 41.9 Å². The SMILES string of the molecule is O=C(NCc1cc(C(F)(F)F)cc(C(F)(F)F)c1)C(c1ccc(Cl)cc1)N1CCN(C2CCCCC2)CC1. The summed E-state index contributed by atoms with van der Waals surface area (Å²) in [6.45, 7) is 2.31. The van der Waals surface area contributed by atoms with Crippen LogP contribution in [0.5, 0.6) is 0 Å². The van der Waals surface area contributed by atoms with Crippen LogP contribution in [-0.2, 0) is 23.7 Å². The van der Waals surface area contributed by atoms with E-state index >= 15 is 0 Å². The van der Waals surface area contributed by atoms with Crippen molar-refractivity contribution in [2.24, 2.45) is 0 Å². The number of carbonyl (C=O) groups excluding carboxylic acids is 1. The molecule has 4 rings (SSSR count). The standard InChI is InChI=1S/C27H30ClF6N3O/c28-22-8-6-19(7-9-22)24(37-12-10-36(11-13-37)23-4-2-1-3-5-23)25(38)35-17-18-14-20(26(29,30)31)16-21(15-18)27(32,33)34/h6-9,14-16,23-24H,1-5,10-13,17H2,(H,35,38). The molecule has 2 aromatic carbocycles. The van der Waals surface area contributed by atoms with Crippen molar-refractivity contribution in [2.75, 3.05) is 26.2 Å². The lowest BCUT2D eigenvalue weighted by Crippen LogP contribution is -2.53. The fourth-order valence-electron chi connectivity index (χ4n) is 5.39. The van der Waals surface area contributed by atoms with Gasteiger partial charge < -0.3 is 5.32 Å². The first-order valence-corrected chi connectivity index (χ1v) is 13.1. The summed E-state index contributed by atoms with van der Waals surface area (Å²) in [7, 11) is 0. The van der Waals surface area contributed by atoms with Gasteiger partial charge in [-0.2, -0.15) is 26.3 Å². The first-order chi connectivity index (χ1) is 17.9. The number of alkyl halides is 6. The Labute approximate surface area is 222 Å². The Morgan fingerprint density at radius 3 is 1.95 bits per heavy atom. The van der Waals surface area contributed by atoms with E-state index in [9.17, 15) is 31.1 Å². The van der Waals surface area contributed by atoms with Gasteiger partial charge in [-0.05, 0) is 54.3 Å². The second kappa shape index (κ2) is 11.8. The first kappa shape index (κ1) is 28.7. The van der Waals surface area contributed by atoms with E-state index in [2.05, 4.69) is 10.2 Å². The minimum absolute atomic E-state index is 0.0770. The average Bonchev–Trinajstić information content (AvgIpc) is 2.88. The molecule has 2 aromatic rings. The summed E-state index contributed by atoms with van der Waals surface area (Å²) in [5, 5.41) is 3.06. The first-order valence-electron chi connectivity index (χ1n) is 12.7. The molecule has 1 N–H and O–H groups in total. The molecule has 1 atom stereocenters. The lowest BCUT2D eigenvalue weighted by Gasteiger charge is -2.43. The largest absolute Gasteiger partial charge is 0.416 e. The number of benzene rings is 2. The van der Waals surface area contributed by atoms with Crippen molar-refractivity contribution in [3.05, 3.63) is 69.7 Å². The number of piperazine rings is 1. The predicted octanol–water partition coefficient (Wildman–Crippen LogP) is 6.69. The summed E-state index contributed by atoms with van der Waals surface area (Å²) in [6.07, 6.45) is -3.89. The van der Waals surface area contributed by atoms with Crippen LogP contribution in [-0.4, -0.2) is 47.9 Å². The second-order valence-electron chi connectivity index (χ2n) is 9.95. The zero-order valence-corrected chi connectivity index (χ0v) is 21.5. The zero-order chi connectivity index (χ0) is 27.5. The summed E-state index contributed by atoms with van der Waals surface area (Å²) in [5.74, 6) is -0.496. The van der Waals surface area contributed by atoms with Gasteiger partial charge in [0.15, 0.2) is 0 Å². The van der Waals surface area contributed by atoms with E-state index in [1.54, 1.807) is 24.3 Å². The van der Waals surface area contributed by atoms with E-state index in [-0.39, 0.29) is 11.6 Å². The van der Waals surface area contributed by atoms with E-state index in [1.165, 1.54) is 19.3 Å². The van der Waals surface area contributed by atoms with Crippen molar-refractivity contribution in [1.82, 2.24) is 15.1 Å². The van der Waals surface area contributed by atoms with Crippen LogP contribution in [0.4, 0.5) is 26.3 Å². The van der Waals surface area contributed by atoms with Gasteiger partial charge >= 0.3 is 12.4 Å². The molecule has 1 heterocycles. The van der Waals surface area contributed by atoms with Gasteiger partial charge in [0.25, 0.3) is 0 Å². The van der Waals surface area contributed by atoms with Crippen molar-refractivity contribution in [3.63, 3.8) is 0 Å². The number of rotatable bonds is 6. The molecule has 0 radical (unpaired) electrons. The highest BCUT2D eigenvalue weighted by atomic mass is 35.5. The molecule has 0 aromatic heterocycles. The number of hydrogen-bond acceptors (Lipinski definition) is 3. The monoisotopic (exact) mass is 561 g/mol. The minimum Gasteiger partial charge on any atom is -0.350 e. The highest BCUT2D eigenvalue weighted by molar-refractivity contribution is 6.30. The van der Waals surface area contributed by atoms with Gasteiger partial charge in [-0.25, -0.2) is 0 Å². The van der Waals surface area contributed by atoms with Crippen LogP contribution in [0.1, 0.15) is 60.4 Å². The number of nitrogens with one attached hydrogen (secondary N) is 1. The summed E-state index contributed by atoms with van der Waals surface area (Å²) < 4.78 is 79.5. The van der Waals surface area contributed by atoms with Crippen LogP contribution in [0.15, 0.2) is 42.5 Å². The molecule has 1 saturated heterocycles. The quantitative estimate of drug-likeness (QED) is 0.399. The van der Waals surface area contributed by atoms with Crippen molar-refractivity contribution < 1.29 is 31.1 Å². The molecule has 11 heteroatoms. The maximum absolute atomic E-state index is 13.4. The van der Waals surface area contributed by atoms with Gasteiger partial charge in [0.1, 0.15) is 6.04 Å².